The van der Waals surface area contributed by atoms with Gasteiger partial charge in [0.2, 0.25) is 0 Å². The Hall–Kier alpha value is -1.22. The highest BCUT2D eigenvalue weighted by Gasteiger charge is 2.01. The number of carbonyl (C=O) groups excluding carboxylic acids is 1. The van der Waals surface area contributed by atoms with Crippen molar-refractivity contribution in [2.24, 2.45) is 0 Å². The highest BCUT2D eigenvalue weighted by atomic mass is 19.1. The molecule has 0 aliphatic rings. The molecule has 1 aromatic rings. The van der Waals surface area contributed by atoms with Gasteiger partial charge < -0.3 is 5.48 Å². The third kappa shape index (κ3) is 2.47. The third-order valence-electron chi connectivity index (χ3n) is 1.22. The first-order chi connectivity index (χ1) is 4.84. The van der Waals surface area contributed by atoms with Crippen LogP contribution in [0.1, 0.15) is 10.4 Å². The van der Waals surface area contributed by atoms with Gasteiger partial charge in [0, 0.05) is 5.56 Å². The van der Waals surface area contributed by atoms with E-state index < -0.39 is 12.5 Å². The second kappa shape index (κ2) is 4.57. The summed E-state index contributed by atoms with van der Waals surface area (Å²) in [6.45, 7) is -0.913. The third-order valence-corrected chi connectivity index (χ3v) is 1.22. The molecule has 0 amide bonds. The lowest BCUT2D eigenvalue weighted by atomic mass is 10.1. The summed E-state index contributed by atoms with van der Waals surface area (Å²) in [6.07, 6.45) is 0. The lowest BCUT2D eigenvalue weighted by Crippen LogP contribution is -1.99. The van der Waals surface area contributed by atoms with Crippen LogP contribution in [-0.2, 0) is 0 Å². The van der Waals surface area contributed by atoms with Crippen molar-refractivity contribution >= 4 is 5.78 Å². The summed E-state index contributed by atoms with van der Waals surface area (Å²) in [4.78, 5) is 10.6. The molecule has 0 aromatic heterocycles. The molecule has 0 radical (unpaired) electrons. The summed E-state index contributed by atoms with van der Waals surface area (Å²) in [5.74, 6) is -0.458. The Morgan fingerprint density at radius 3 is 2.27 bits per heavy atom. The molecule has 2 nitrogen and oxygen atoms in total. The van der Waals surface area contributed by atoms with Crippen LogP contribution in [-0.4, -0.2) is 17.9 Å². The molecule has 0 spiro atoms. The van der Waals surface area contributed by atoms with Gasteiger partial charge in [-0.15, -0.1) is 0 Å². The largest absolute Gasteiger partial charge is 0.412 e. The van der Waals surface area contributed by atoms with Crippen LogP contribution < -0.4 is 0 Å². The van der Waals surface area contributed by atoms with E-state index in [1.54, 1.807) is 30.3 Å². The summed E-state index contributed by atoms with van der Waals surface area (Å²) < 4.78 is 11.7. The molecule has 1 rings (SSSR count). The fourth-order valence-corrected chi connectivity index (χ4v) is 0.701. The van der Waals surface area contributed by atoms with Gasteiger partial charge in [-0.1, -0.05) is 30.3 Å². The minimum Gasteiger partial charge on any atom is -0.412 e. The Morgan fingerprint density at radius 1 is 1.27 bits per heavy atom. The number of hydrogen-bond acceptors (Lipinski definition) is 1. The first kappa shape index (κ1) is 9.78. The van der Waals surface area contributed by atoms with Crippen LogP contribution in [0.15, 0.2) is 30.3 Å². The van der Waals surface area contributed by atoms with E-state index in [0.29, 0.717) is 5.56 Å². The molecule has 1 aromatic carbocycles. The number of rotatable bonds is 2. The van der Waals surface area contributed by atoms with Crippen LogP contribution >= 0.6 is 0 Å². The monoisotopic (exact) mass is 156 g/mol. The normalized spacial score (nSPS) is 8.45. The van der Waals surface area contributed by atoms with Gasteiger partial charge in [0.1, 0.15) is 0 Å². The highest BCUT2D eigenvalue weighted by Crippen LogP contribution is 1.99. The van der Waals surface area contributed by atoms with Crippen LogP contribution in [0.25, 0.3) is 0 Å². The molecule has 0 unspecified atom stereocenters. The summed E-state index contributed by atoms with van der Waals surface area (Å²) in [7, 11) is 0. The van der Waals surface area contributed by atoms with Crippen molar-refractivity contribution in [1.82, 2.24) is 0 Å². The minimum atomic E-state index is -0.913. The summed E-state index contributed by atoms with van der Waals surface area (Å²) in [5, 5.41) is 0. The van der Waals surface area contributed by atoms with Crippen LogP contribution in [0, 0.1) is 0 Å². The zero-order chi connectivity index (χ0) is 7.40. The minimum absolute atomic E-state index is 0. The van der Waals surface area contributed by atoms with E-state index in [0.717, 1.165) is 0 Å². The Balaban J connectivity index is 0.000001000. The second-order valence-corrected chi connectivity index (χ2v) is 1.92. The standard InChI is InChI=1S/C8H7FO.H2O/c9-6-8(10)7-4-2-1-3-5-7;/h1-5H,6H2;1H2. The fourth-order valence-electron chi connectivity index (χ4n) is 0.701. The fraction of sp³-hybridized carbons (Fsp3) is 0.125. The Bertz CT molecular complexity index is 221. The van der Waals surface area contributed by atoms with E-state index in [9.17, 15) is 9.18 Å². The number of halogens is 1. The number of benzene rings is 1. The van der Waals surface area contributed by atoms with Gasteiger partial charge >= 0.3 is 0 Å². The molecule has 0 aliphatic carbocycles. The van der Waals surface area contributed by atoms with Crippen molar-refractivity contribution < 1.29 is 14.7 Å². The summed E-state index contributed by atoms with van der Waals surface area (Å²) in [5.41, 5.74) is 0.435. The molecule has 60 valence electrons. The molecule has 3 heteroatoms. The van der Waals surface area contributed by atoms with Gasteiger partial charge in [0.15, 0.2) is 12.5 Å². The predicted octanol–water partition coefficient (Wildman–Crippen LogP) is 1.01. The van der Waals surface area contributed by atoms with Crippen molar-refractivity contribution in [3.8, 4) is 0 Å². The Labute approximate surface area is 64.0 Å². The van der Waals surface area contributed by atoms with Crippen molar-refractivity contribution in [2.75, 3.05) is 6.67 Å². The number of carbonyl (C=O) groups is 1. The van der Waals surface area contributed by atoms with Crippen molar-refractivity contribution in [1.29, 1.82) is 0 Å². The van der Waals surface area contributed by atoms with Crippen molar-refractivity contribution in [3.63, 3.8) is 0 Å². The van der Waals surface area contributed by atoms with Crippen LogP contribution in [0.3, 0.4) is 0 Å². The quantitative estimate of drug-likeness (QED) is 0.589. The van der Waals surface area contributed by atoms with Gasteiger partial charge in [0.25, 0.3) is 0 Å². The maximum Gasteiger partial charge on any atom is 0.193 e. The predicted molar refractivity (Wildman–Crippen MR) is 40.4 cm³/mol. The van der Waals surface area contributed by atoms with Gasteiger partial charge in [-0.3, -0.25) is 4.79 Å². The van der Waals surface area contributed by atoms with Crippen molar-refractivity contribution in [3.05, 3.63) is 35.9 Å². The topological polar surface area (TPSA) is 48.6 Å². The number of hydrogen-bond donors (Lipinski definition) is 0. The van der Waals surface area contributed by atoms with Crippen LogP contribution in [0.5, 0.6) is 0 Å². The van der Waals surface area contributed by atoms with Gasteiger partial charge in [-0.05, 0) is 0 Å². The molecule has 0 heterocycles. The zero-order valence-electron chi connectivity index (χ0n) is 5.88. The molecule has 0 atom stereocenters. The van der Waals surface area contributed by atoms with Gasteiger partial charge in [-0.2, -0.15) is 0 Å². The lowest BCUT2D eigenvalue weighted by molar-refractivity contribution is 0.0958. The van der Waals surface area contributed by atoms with E-state index in [-0.39, 0.29) is 5.48 Å². The van der Waals surface area contributed by atoms with Crippen LogP contribution in [0.2, 0.25) is 0 Å². The Morgan fingerprint density at radius 2 is 1.82 bits per heavy atom. The van der Waals surface area contributed by atoms with E-state index in [4.69, 9.17) is 0 Å². The SMILES string of the molecule is O.O=C(CF)c1ccccc1. The first-order valence-corrected chi connectivity index (χ1v) is 2.99. The molecule has 11 heavy (non-hydrogen) atoms. The molecule has 0 aliphatic heterocycles. The van der Waals surface area contributed by atoms with Gasteiger partial charge in [0.05, 0.1) is 0 Å². The second-order valence-electron chi connectivity index (χ2n) is 1.92. The molecule has 0 bridgehead atoms. The highest BCUT2D eigenvalue weighted by molar-refractivity contribution is 5.96. The van der Waals surface area contributed by atoms with Gasteiger partial charge in [-0.25, -0.2) is 4.39 Å². The maximum atomic E-state index is 11.7. The lowest BCUT2D eigenvalue weighted by Gasteiger charge is -1.91. The van der Waals surface area contributed by atoms with Crippen molar-refractivity contribution in [2.45, 2.75) is 0 Å². The maximum absolute atomic E-state index is 11.7. The molecular weight excluding hydrogens is 147 g/mol. The first-order valence-electron chi connectivity index (χ1n) is 2.99. The van der Waals surface area contributed by atoms with E-state index in [1.807, 2.05) is 0 Å². The molecule has 0 fully saturated rings. The van der Waals surface area contributed by atoms with Crippen LogP contribution in [0.4, 0.5) is 4.39 Å². The molecule has 0 saturated heterocycles. The van der Waals surface area contributed by atoms with E-state index >= 15 is 0 Å². The Kier molecular flexibility index (Phi) is 4.07. The van der Waals surface area contributed by atoms with E-state index in [2.05, 4.69) is 0 Å². The number of Topliss-reactive ketones (excluding diaryl/α,β-unsaturated/α-hetero) is 1. The average molecular weight is 156 g/mol. The average Bonchev–Trinajstić information content (AvgIpc) is 2.05. The summed E-state index contributed by atoms with van der Waals surface area (Å²) >= 11 is 0. The zero-order valence-corrected chi connectivity index (χ0v) is 5.88. The molecule has 0 saturated carbocycles. The number of alkyl halides is 1. The molecule has 2 N–H and O–H groups in total. The van der Waals surface area contributed by atoms with E-state index in [1.165, 1.54) is 0 Å². The molecular formula is C8H9FO2. The smallest absolute Gasteiger partial charge is 0.193 e. The summed E-state index contributed by atoms with van der Waals surface area (Å²) in [6, 6.07) is 8.41. The number of ketones is 1.